The first-order valence-electron chi connectivity index (χ1n) is 8.43. The van der Waals surface area contributed by atoms with Crippen molar-refractivity contribution in [3.63, 3.8) is 0 Å². The van der Waals surface area contributed by atoms with Gasteiger partial charge in [-0.15, -0.1) is 11.8 Å². The van der Waals surface area contributed by atoms with E-state index >= 15 is 0 Å². The molecule has 0 saturated heterocycles. The SMILES string of the molecule is O=C(CCNC(=O)c1ccsc1)Nc1ccc(SCc2cccnc2)cc1. The highest BCUT2D eigenvalue weighted by atomic mass is 32.2. The maximum atomic E-state index is 12.0. The minimum absolute atomic E-state index is 0.128. The average molecular weight is 398 g/mol. The molecule has 0 saturated carbocycles. The van der Waals surface area contributed by atoms with Gasteiger partial charge in [-0.2, -0.15) is 11.3 Å². The molecule has 0 bridgehead atoms. The highest BCUT2D eigenvalue weighted by Crippen LogP contribution is 2.23. The van der Waals surface area contributed by atoms with Crippen molar-refractivity contribution in [2.75, 3.05) is 11.9 Å². The van der Waals surface area contributed by atoms with E-state index in [1.165, 1.54) is 16.9 Å². The van der Waals surface area contributed by atoms with Crippen molar-refractivity contribution in [2.24, 2.45) is 0 Å². The van der Waals surface area contributed by atoms with Gasteiger partial charge in [0.25, 0.3) is 5.91 Å². The Kier molecular flexibility index (Phi) is 7.01. The monoisotopic (exact) mass is 397 g/mol. The summed E-state index contributed by atoms with van der Waals surface area (Å²) < 4.78 is 0. The maximum absolute atomic E-state index is 12.0. The molecule has 27 heavy (non-hydrogen) atoms. The molecule has 3 rings (SSSR count). The van der Waals surface area contributed by atoms with Gasteiger partial charge in [-0.05, 0) is 47.3 Å². The van der Waals surface area contributed by atoms with Crippen molar-refractivity contribution in [1.82, 2.24) is 10.3 Å². The predicted octanol–water partition coefficient (Wildman–Crippen LogP) is 4.19. The van der Waals surface area contributed by atoms with E-state index in [4.69, 9.17) is 0 Å². The van der Waals surface area contributed by atoms with Crippen LogP contribution in [0.2, 0.25) is 0 Å². The molecular formula is C20H19N3O2S2. The van der Waals surface area contributed by atoms with Crippen molar-refractivity contribution in [1.29, 1.82) is 0 Å². The summed E-state index contributed by atoms with van der Waals surface area (Å²) in [5.74, 6) is 0.569. The molecule has 0 fully saturated rings. The molecule has 0 aliphatic heterocycles. The van der Waals surface area contributed by atoms with Crippen LogP contribution in [0.25, 0.3) is 0 Å². The molecule has 2 heterocycles. The summed E-state index contributed by atoms with van der Waals surface area (Å²) in [5, 5.41) is 9.21. The molecule has 2 N–H and O–H groups in total. The van der Waals surface area contributed by atoms with Gasteiger partial charge < -0.3 is 10.6 Å². The number of hydrogen-bond acceptors (Lipinski definition) is 5. The first kappa shape index (κ1) is 19.1. The van der Waals surface area contributed by atoms with E-state index in [0.29, 0.717) is 12.1 Å². The number of anilines is 1. The smallest absolute Gasteiger partial charge is 0.252 e. The normalized spacial score (nSPS) is 10.4. The van der Waals surface area contributed by atoms with E-state index in [2.05, 4.69) is 15.6 Å². The topological polar surface area (TPSA) is 71.1 Å². The van der Waals surface area contributed by atoms with Gasteiger partial charge in [0.15, 0.2) is 0 Å². The Morgan fingerprint density at radius 1 is 1.11 bits per heavy atom. The quantitative estimate of drug-likeness (QED) is 0.559. The second-order valence-electron chi connectivity index (χ2n) is 5.74. The molecule has 0 atom stereocenters. The molecule has 5 nitrogen and oxygen atoms in total. The highest BCUT2D eigenvalue weighted by Gasteiger charge is 2.07. The second-order valence-corrected chi connectivity index (χ2v) is 7.57. The molecule has 0 radical (unpaired) electrons. The molecule has 2 aromatic heterocycles. The van der Waals surface area contributed by atoms with E-state index < -0.39 is 0 Å². The van der Waals surface area contributed by atoms with Crippen molar-refractivity contribution in [3.05, 3.63) is 76.7 Å². The lowest BCUT2D eigenvalue weighted by atomic mass is 10.3. The van der Waals surface area contributed by atoms with Crippen LogP contribution in [0.3, 0.4) is 0 Å². The number of thiophene rings is 1. The number of pyridine rings is 1. The Hall–Kier alpha value is -2.64. The zero-order chi connectivity index (χ0) is 18.9. The number of nitrogens with one attached hydrogen (secondary N) is 2. The fourth-order valence-corrected chi connectivity index (χ4v) is 3.76. The van der Waals surface area contributed by atoms with E-state index in [9.17, 15) is 9.59 Å². The van der Waals surface area contributed by atoms with E-state index in [0.717, 1.165) is 16.3 Å². The molecule has 3 aromatic rings. The van der Waals surface area contributed by atoms with Crippen LogP contribution in [0.4, 0.5) is 5.69 Å². The van der Waals surface area contributed by atoms with Crippen LogP contribution in [-0.2, 0) is 10.5 Å². The predicted molar refractivity (Wildman–Crippen MR) is 110 cm³/mol. The number of nitrogens with zero attached hydrogens (tertiary/aromatic N) is 1. The average Bonchev–Trinajstić information content (AvgIpc) is 3.23. The van der Waals surface area contributed by atoms with Crippen LogP contribution >= 0.6 is 23.1 Å². The molecule has 7 heteroatoms. The van der Waals surface area contributed by atoms with Gasteiger partial charge >= 0.3 is 0 Å². The third-order valence-electron chi connectivity index (χ3n) is 3.69. The molecule has 0 spiro atoms. The number of amides is 2. The molecule has 0 aliphatic carbocycles. The van der Waals surface area contributed by atoms with Gasteiger partial charge in [0.05, 0.1) is 0 Å². The van der Waals surface area contributed by atoms with Crippen molar-refractivity contribution < 1.29 is 9.59 Å². The molecular weight excluding hydrogens is 378 g/mol. The Morgan fingerprint density at radius 3 is 2.67 bits per heavy atom. The standard InChI is InChI=1S/C20H19N3O2S2/c24-19(7-10-22-20(25)16-8-11-26-14-16)23-17-3-5-18(6-4-17)27-13-15-2-1-9-21-12-15/h1-6,8-9,11-12,14H,7,10,13H2,(H,22,25)(H,23,24). The molecule has 138 valence electrons. The Balaban J connectivity index is 1.39. The first-order chi connectivity index (χ1) is 13.2. The van der Waals surface area contributed by atoms with Gasteiger partial charge in [-0.1, -0.05) is 6.07 Å². The Labute approximate surface area is 166 Å². The number of rotatable bonds is 8. The van der Waals surface area contributed by atoms with Crippen LogP contribution in [0.15, 0.2) is 70.5 Å². The zero-order valence-electron chi connectivity index (χ0n) is 14.6. The summed E-state index contributed by atoms with van der Waals surface area (Å²) in [6, 6.07) is 13.5. The van der Waals surface area contributed by atoms with Gasteiger partial charge in [-0.25, -0.2) is 0 Å². The number of aromatic nitrogens is 1. The number of thioether (sulfide) groups is 1. The molecule has 0 aliphatic rings. The van der Waals surface area contributed by atoms with E-state index in [-0.39, 0.29) is 18.2 Å². The minimum Gasteiger partial charge on any atom is -0.351 e. The van der Waals surface area contributed by atoms with Gasteiger partial charge in [0, 0.05) is 52.6 Å². The highest BCUT2D eigenvalue weighted by molar-refractivity contribution is 7.98. The fraction of sp³-hybridized carbons (Fsp3) is 0.150. The summed E-state index contributed by atoms with van der Waals surface area (Å²) in [6.07, 6.45) is 3.85. The van der Waals surface area contributed by atoms with Crippen LogP contribution in [0.5, 0.6) is 0 Å². The van der Waals surface area contributed by atoms with Crippen LogP contribution < -0.4 is 10.6 Å². The van der Waals surface area contributed by atoms with Gasteiger partial charge in [0.2, 0.25) is 5.91 Å². The van der Waals surface area contributed by atoms with Crippen molar-refractivity contribution >= 4 is 40.6 Å². The first-order valence-corrected chi connectivity index (χ1v) is 10.4. The second kappa shape index (κ2) is 9.89. The molecule has 1 aromatic carbocycles. The Morgan fingerprint density at radius 2 is 1.96 bits per heavy atom. The minimum atomic E-state index is -0.154. The number of hydrogen-bond donors (Lipinski definition) is 2. The summed E-state index contributed by atoms with van der Waals surface area (Å²) in [6.45, 7) is 0.305. The number of carbonyl (C=O) groups is 2. The Bertz CT molecular complexity index is 866. The third kappa shape index (κ3) is 6.23. The van der Waals surface area contributed by atoms with Gasteiger partial charge in [-0.3, -0.25) is 14.6 Å². The van der Waals surface area contributed by atoms with E-state index in [1.54, 1.807) is 29.4 Å². The lowest BCUT2D eigenvalue weighted by molar-refractivity contribution is -0.116. The van der Waals surface area contributed by atoms with Gasteiger partial charge in [0.1, 0.15) is 0 Å². The van der Waals surface area contributed by atoms with Crippen molar-refractivity contribution in [2.45, 2.75) is 17.1 Å². The summed E-state index contributed by atoms with van der Waals surface area (Å²) in [4.78, 5) is 29.0. The zero-order valence-corrected chi connectivity index (χ0v) is 16.2. The lowest BCUT2D eigenvalue weighted by Gasteiger charge is -2.07. The van der Waals surface area contributed by atoms with Crippen LogP contribution in [0, 0.1) is 0 Å². The molecule has 2 amide bonds. The molecule has 0 unspecified atom stereocenters. The number of benzene rings is 1. The fourth-order valence-electron chi connectivity index (χ4n) is 2.29. The van der Waals surface area contributed by atoms with E-state index in [1.807, 2.05) is 48.0 Å². The van der Waals surface area contributed by atoms with Crippen LogP contribution in [0.1, 0.15) is 22.3 Å². The summed E-state index contributed by atoms with van der Waals surface area (Å²) in [5.41, 5.74) is 2.54. The van der Waals surface area contributed by atoms with Crippen molar-refractivity contribution in [3.8, 4) is 0 Å². The summed E-state index contributed by atoms with van der Waals surface area (Å²) >= 11 is 3.19. The maximum Gasteiger partial charge on any atom is 0.252 e. The third-order valence-corrected chi connectivity index (χ3v) is 5.45. The van der Waals surface area contributed by atoms with Crippen LogP contribution in [-0.4, -0.2) is 23.3 Å². The largest absolute Gasteiger partial charge is 0.351 e. The number of carbonyl (C=O) groups excluding carboxylic acids is 2. The summed E-state index contributed by atoms with van der Waals surface area (Å²) in [7, 11) is 0. The lowest BCUT2D eigenvalue weighted by Crippen LogP contribution is -2.27.